The van der Waals surface area contributed by atoms with E-state index in [4.69, 9.17) is 10.1 Å². The van der Waals surface area contributed by atoms with Gasteiger partial charge in [-0.25, -0.2) is 4.98 Å². The first-order chi connectivity index (χ1) is 13.1. The van der Waals surface area contributed by atoms with E-state index in [1.54, 1.807) is 11.3 Å². The van der Waals surface area contributed by atoms with Crippen molar-refractivity contribution in [3.8, 4) is 11.3 Å². The van der Waals surface area contributed by atoms with Crippen LogP contribution in [0.2, 0.25) is 0 Å². The smallest absolute Gasteiger partial charge is 0.185 e. The van der Waals surface area contributed by atoms with Crippen LogP contribution in [0.5, 0.6) is 0 Å². The Morgan fingerprint density at radius 2 is 2.11 bits per heavy atom. The van der Waals surface area contributed by atoms with Gasteiger partial charge in [-0.1, -0.05) is 26.0 Å². The third-order valence-corrected chi connectivity index (χ3v) is 7.08. The lowest BCUT2D eigenvalue weighted by Crippen LogP contribution is -2.43. The molecule has 0 saturated carbocycles. The summed E-state index contributed by atoms with van der Waals surface area (Å²) < 4.78 is 0. The Morgan fingerprint density at radius 3 is 2.89 bits per heavy atom. The quantitative estimate of drug-likeness (QED) is 0.817. The molecule has 1 aliphatic heterocycles. The molecule has 4 rings (SSSR count). The zero-order chi connectivity index (χ0) is 18.9. The molecular weight excluding hydrogens is 354 g/mol. The summed E-state index contributed by atoms with van der Waals surface area (Å²) in [7, 11) is 0. The van der Waals surface area contributed by atoms with Crippen LogP contribution in [0.15, 0.2) is 23.6 Å². The van der Waals surface area contributed by atoms with E-state index in [0.29, 0.717) is 18.0 Å². The number of aliphatic hydroxyl groups excluding tert-OH is 1. The van der Waals surface area contributed by atoms with Crippen LogP contribution in [-0.2, 0) is 11.8 Å². The molecule has 0 amide bonds. The molecule has 1 aliphatic carbocycles. The number of anilines is 1. The van der Waals surface area contributed by atoms with Gasteiger partial charge in [-0.3, -0.25) is 0 Å². The lowest BCUT2D eigenvalue weighted by molar-refractivity contribution is 0.277. The van der Waals surface area contributed by atoms with E-state index in [2.05, 4.69) is 47.6 Å². The Labute approximate surface area is 166 Å². The number of benzene rings is 1. The number of thiazole rings is 1. The van der Waals surface area contributed by atoms with Crippen LogP contribution in [-0.4, -0.2) is 42.4 Å². The predicted octanol–water partition coefficient (Wildman–Crippen LogP) is 3.97. The van der Waals surface area contributed by atoms with E-state index in [9.17, 15) is 0 Å². The fourth-order valence-electron chi connectivity index (χ4n) is 4.56. The maximum Gasteiger partial charge on any atom is 0.185 e. The minimum absolute atomic E-state index is 0.216. The van der Waals surface area contributed by atoms with Crippen LogP contribution in [0.25, 0.3) is 11.3 Å². The summed E-state index contributed by atoms with van der Waals surface area (Å²) >= 11 is 1.76. The molecule has 1 saturated heterocycles. The number of aliphatic hydroxyl groups is 1. The SMILES string of the molecule is CC1(C)CCCc2cc(-c3csc(N4CCC(NCCO)CC4)n3)ccc21. The number of rotatable bonds is 5. The van der Waals surface area contributed by atoms with Gasteiger partial charge in [0.05, 0.1) is 12.3 Å². The highest BCUT2D eigenvalue weighted by Crippen LogP contribution is 2.39. The highest BCUT2D eigenvalue weighted by Gasteiger charge is 2.27. The molecule has 2 aromatic rings. The van der Waals surface area contributed by atoms with Crippen molar-refractivity contribution in [2.24, 2.45) is 0 Å². The highest BCUT2D eigenvalue weighted by molar-refractivity contribution is 7.14. The summed E-state index contributed by atoms with van der Waals surface area (Å²) in [6.45, 7) is 7.72. The summed E-state index contributed by atoms with van der Waals surface area (Å²) in [6, 6.07) is 7.49. The van der Waals surface area contributed by atoms with Crippen molar-refractivity contribution in [1.29, 1.82) is 0 Å². The van der Waals surface area contributed by atoms with Crippen LogP contribution < -0.4 is 10.2 Å². The number of hydrogen-bond donors (Lipinski definition) is 2. The third kappa shape index (κ3) is 4.05. The Bertz CT molecular complexity index is 778. The maximum atomic E-state index is 8.96. The van der Waals surface area contributed by atoms with Crippen LogP contribution in [0.3, 0.4) is 0 Å². The van der Waals surface area contributed by atoms with Crippen LogP contribution >= 0.6 is 11.3 Å². The van der Waals surface area contributed by atoms with Crippen molar-refractivity contribution in [3.05, 3.63) is 34.7 Å². The summed E-state index contributed by atoms with van der Waals surface area (Å²) in [6.07, 6.45) is 5.98. The van der Waals surface area contributed by atoms with Crippen molar-refractivity contribution in [2.45, 2.75) is 57.4 Å². The minimum Gasteiger partial charge on any atom is -0.395 e. The molecule has 146 valence electrons. The van der Waals surface area contributed by atoms with Crippen molar-refractivity contribution >= 4 is 16.5 Å². The zero-order valence-corrected chi connectivity index (χ0v) is 17.3. The topological polar surface area (TPSA) is 48.4 Å². The second-order valence-electron chi connectivity index (χ2n) is 8.56. The second kappa shape index (κ2) is 7.90. The normalized spacial score (nSPS) is 19.9. The monoisotopic (exact) mass is 385 g/mol. The van der Waals surface area contributed by atoms with Crippen molar-refractivity contribution in [2.75, 3.05) is 31.1 Å². The Kier molecular flexibility index (Phi) is 5.53. The standard InChI is InChI=1S/C22H31N3OS/c1-22(2)9-3-4-16-14-17(5-6-19(16)22)20-15-27-21(24-20)25-11-7-18(8-12-25)23-10-13-26/h5-6,14-15,18,23,26H,3-4,7-13H2,1-2H3. The fourth-order valence-corrected chi connectivity index (χ4v) is 5.45. The molecule has 1 aromatic carbocycles. The maximum absolute atomic E-state index is 8.96. The molecule has 0 atom stereocenters. The van der Waals surface area contributed by atoms with Crippen molar-refractivity contribution < 1.29 is 5.11 Å². The van der Waals surface area contributed by atoms with E-state index in [1.165, 1.54) is 36.0 Å². The average molecular weight is 386 g/mol. The van der Waals surface area contributed by atoms with Gasteiger partial charge in [0, 0.05) is 36.6 Å². The van der Waals surface area contributed by atoms with Gasteiger partial charge in [-0.05, 0) is 54.7 Å². The number of aryl methyl sites for hydroxylation is 1. The predicted molar refractivity (Wildman–Crippen MR) is 114 cm³/mol. The summed E-state index contributed by atoms with van der Waals surface area (Å²) in [5, 5.41) is 15.7. The molecule has 5 heteroatoms. The van der Waals surface area contributed by atoms with Gasteiger partial charge >= 0.3 is 0 Å². The Morgan fingerprint density at radius 1 is 1.30 bits per heavy atom. The average Bonchev–Trinajstić information content (AvgIpc) is 3.16. The Balaban J connectivity index is 1.46. The van der Waals surface area contributed by atoms with Crippen LogP contribution in [0, 0.1) is 0 Å². The van der Waals surface area contributed by atoms with Crippen molar-refractivity contribution in [3.63, 3.8) is 0 Å². The van der Waals surface area contributed by atoms with E-state index in [-0.39, 0.29) is 6.61 Å². The third-order valence-electron chi connectivity index (χ3n) is 6.18. The first kappa shape index (κ1) is 18.9. The number of nitrogens with one attached hydrogen (secondary N) is 1. The van der Waals surface area contributed by atoms with E-state index in [1.807, 2.05) is 0 Å². The highest BCUT2D eigenvalue weighted by atomic mass is 32.1. The molecule has 0 unspecified atom stereocenters. The molecule has 1 fully saturated rings. The largest absolute Gasteiger partial charge is 0.395 e. The summed E-state index contributed by atoms with van der Waals surface area (Å²) in [5.74, 6) is 0. The molecule has 1 aromatic heterocycles. The van der Waals surface area contributed by atoms with E-state index < -0.39 is 0 Å². The minimum atomic E-state index is 0.216. The first-order valence-corrected chi connectivity index (χ1v) is 11.1. The number of aromatic nitrogens is 1. The van der Waals surface area contributed by atoms with Crippen molar-refractivity contribution in [1.82, 2.24) is 10.3 Å². The molecule has 2 aliphatic rings. The van der Waals surface area contributed by atoms with Gasteiger partial charge < -0.3 is 15.3 Å². The number of fused-ring (bicyclic) bond motifs is 1. The molecule has 0 bridgehead atoms. The van der Waals surface area contributed by atoms with Gasteiger partial charge in [-0.15, -0.1) is 11.3 Å². The first-order valence-electron chi connectivity index (χ1n) is 10.3. The number of nitrogens with zero attached hydrogens (tertiary/aromatic N) is 2. The van der Waals surface area contributed by atoms with E-state index in [0.717, 1.165) is 36.8 Å². The summed E-state index contributed by atoms with van der Waals surface area (Å²) in [4.78, 5) is 7.37. The molecule has 0 radical (unpaired) electrons. The van der Waals surface area contributed by atoms with Crippen LogP contribution in [0.4, 0.5) is 5.13 Å². The zero-order valence-electron chi connectivity index (χ0n) is 16.5. The molecular formula is C22H31N3OS. The lowest BCUT2D eigenvalue weighted by atomic mass is 9.72. The van der Waals surface area contributed by atoms with Crippen LogP contribution in [0.1, 0.15) is 50.7 Å². The second-order valence-corrected chi connectivity index (χ2v) is 9.40. The van der Waals surface area contributed by atoms with Gasteiger partial charge in [-0.2, -0.15) is 0 Å². The molecule has 0 spiro atoms. The van der Waals surface area contributed by atoms with Gasteiger partial charge in [0.1, 0.15) is 0 Å². The van der Waals surface area contributed by atoms with Gasteiger partial charge in [0.15, 0.2) is 5.13 Å². The van der Waals surface area contributed by atoms with E-state index >= 15 is 0 Å². The van der Waals surface area contributed by atoms with Gasteiger partial charge in [0.2, 0.25) is 0 Å². The molecule has 2 N–H and O–H groups in total. The number of hydrogen-bond acceptors (Lipinski definition) is 5. The molecule has 4 nitrogen and oxygen atoms in total. The van der Waals surface area contributed by atoms with Gasteiger partial charge in [0.25, 0.3) is 0 Å². The fraction of sp³-hybridized carbons (Fsp3) is 0.591. The molecule has 27 heavy (non-hydrogen) atoms. The lowest BCUT2D eigenvalue weighted by Gasteiger charge is -2.32. The Hall–Kier alpha value is -1.43. The number of piperidine rings is 1. The molecule has 2 heterocycles. The summed E-state index contributed by atoms with van der Waals surface area (Å²) in [5.41, 5.74) is 5.70.